The van der Waals surface area contributed by atoms with Gasteiger partial charge in [-0.25, -0.2) is 0 Å². The van der Waals surface area contributed by atoms with Crippen molar-refractivity contribution < 1.29 is 13.2 Å². The number of alkyl halides is 3. The van der Waals surface area contributed by atoms with Crippen LogP contribution in [0.25, 0.3) is 0 Å². The van der Waals surface area contributed by atoms with Gasteiger partial charge >= 0.3 is 6.18 Å². The molecule has 0 spiro atoms. The van der Waals surface area contributed by atoms with E-state index in [2.05, 4.69) is 0 Å². The summed E-state index contributed by atoms with van der Waals surface area (Å²) < 4.78 is 37.2. The zero-order chi connectivity index (χ0) is 11.6. The van der Waals surface area contributed by atoms with Gasteiger partial charge in [0.15, 0.2) is 0 Å². The third-order valence-electron chi connectivity index (χ3n) is 1.84. The van der Waals surface area contributed by atoms with Crippen LogP contribution in [0, 0.1) is 0 Å². The maximum Gasteiger partial charge on any atom is 0.416 e. The molecule has 0 amide bonds. The topological polar surface area (TPSA) is 26.0 Å². The second-order valence-electron chi connectivity index (χ2n) is 3.53. The Bertz CT molecular complexity index is 347. The Kier molecular flexibility index (Phi) is 3.62. The predicted octanol–water partition coefficient (Wildman–Crippen LogP) is 3.25. The van der Waals surface area contributed by atoms with Crippen LogP contribution in [0.15, 0.2) is 18.2 Å². The van der Waals surface area contributed by atoms with Crippen LogP contribution in [-0.4, -0.2) is 6.04 Å². The molecule has 1 aromatic carbocycles. The first-order valence-electron chi connectivity index (χ1n) is 4.41. The number of nitrogens with two attached hydrogens (primary N) is 1. The molecule has 1 nitrogen and oxygen atoms in total. The standard InChI is InChI=1S/C10H11ClF3N/c1-6(15)2-7-3-8(10(12,13)14)5-9(11)4-7/h3-6H,2,15H2,1H3. The van der Waals surface area contributed by atoms with Crippen molar-refractivity contribution in [2.24, 2.45) is 5.73 Å². The molecule has 1 aromatic rings. The highest BCUT2D eigenvalue weighted by molar-refractivity contribution is 6.30. The van der Waals surface area contributed by atoms with Crippen molar-refractivity contribution in [3.63, 3.8) is 0 Å². The highest BCUT2D eigenvalue weighted by atomic mass is 35.5. The van der Waals surface area contributed by atoms with Gasteiger partial charge < -0.3 is 5.73 Å². The lowest BCUT2D eigenvalue weighted by Crippen LogP contribution is -2.18. The zero-order valence-electron chi connectivity index (χ0n) is 8.11. The summed E-state index contributed by atoms with van der Waals surface area (Å²) in [7, 11) is 0. The van der Waals surface area contributed by atoms with Crippen molar-refractivity contribution in [3.8, 4) is 0 Å². The first kappa shape index (κ1) is 12.3. The molecule has 5 heteroatoms. The van der Waals surface area contributed by atoms with Crippen molar-refractivity contribution in [3.05, 3.63) is 34.3 Å². The summed E-state index contributed by atoms with van der Waals surface area (Å²) in [6.45, 7) is 1.73. The van der Waals surface area contributed by atoms with Crippen molar-refractivity contribution >= 4 is 11.6 Å². The Morgan fingerprint density at radius 1 is 1.33 bits per heavy atom. The second-order valence-corrected chi connectivity index (χ2v) is 3.96. The highest BCUT2D eigenvalue weighted by Crippen LogP contribution is 2.32. The molecule has 1 unspecified atom stereocenters. The maximum absolute atomic E-state index is 12.4. The molecule has 0 aromatic heterocycles. The third-order valence-corrected chi connectivity index (χ3v) is 2.06. The molecule has 0 bridgehead atoms. The highest BCUT2D eigenvalue weighted by Gasteiger charge is 2.31. The quantitative estimate of drug-likeness (QED) is 0.840. The van der Waals surface area contributed by atoms with Gasteiger partial charge in [-0.1, -0.05) is 11.6 Å². The number of rotatable bonds is 2. The Balaban J connectivity index is 3.06. The Morgan fingerprint density at radius 2 is 1.93 bits per heavy atom. The van der Waals surface area contributed by atoms with E-state index in [0.717, 1.165) is 12.1 Å². The van der Waals surface area contributed by atoms with E-state index in [9.17, 15) is 13.2 Å². The summed E-state index contributed by atoms with van der Waals surface area (Å²) in [6.07, 6.45) is -3.98. The molecular weight excluding hydrogens is 227 g/mol. The average molecular weight is 238 g/mol. The Hall–Kier alpha value is -0.740. The summed E-state index contributed by atoms with van der Waals surface area (Å²) in [6, 6.07) is 3.30. The normalized spacial score (nSPS) is 14.0. The van der Waals surface area contributed by atoms with Gasteiger partial charge in [-0.2, -0.15) is 13.2 Å². The van der Waals surface area contributed by atoms with Crippen LogP contribution in [0.3, 0.4) is 0 Å². The van der Waals surface area contributed by atoms with E-state index in [1.165, 1.54) is 6.07 Å². The lowest BCUT2D eigenvalue weighted by molar-refractivity contribution is -0.137. The minimum absolute atomic E-state index is 0.0838. The van der Waals surface area contributed by atoms with E-state index in [1.54, 1.807) is 6.92 Å². The van der Waals surface area contributed by atoms with E-state index in [1.807, 2.05) is 0 Å². The van der Waals surface area contributed by atoms with E-state index in [-0.39, 0.29) is 11.1 Å². The van der Waals surface area contributed by atoms with Crippen molar-refractivity contribution in [1.82, 2.24) is 0 Å². The summed E-state index contributed by atoms with van der Waals surface area (Å²) in [5, 5.41) is 0.0838. The van der Waals surface area contributed by atoms with Gasteiger partial charge in [0.25, 0.3) is 0 Å². The van der Waals surface area contributed by atoms with Crippen LogP contribution >= 0.6 is 11.6 Å². The molecule has 0 radical (unpaired) electrons. The van der Waals surface area contributed by atoms with Gasteiger partial charge in [-0.05, 0) is 37.1 Å². The molecule has 15 heavy (non-hydrogen) atoms. The summed E-state index contributed by atoms with van der Waals surface area (Å²) >= 11 is 5.60. The first-order chi connectivity index (χ1) is 6.79. The second kappa shape index (κ2) is 4.41. The molecule has 0 fully saturated rings. The van der Waals surface area contributed by atoms with Crippen molar-refractivity contribution in [1.29, 1.82) is 0 Å². The third kappa shape index (κ3) is 3.72. The zero-order valence-corrected chi connectivity index (χ0v) is 8.86. The minimum atomic E-state index is -4.36. The molecule has 0 saturated carbocycles. The van der Waals surface area contributed by atoms with Gasteiger partial charge in [0.05, 0.1) is 5.56 Å². The van der Waals surface area contributed by atoms with E-state index < -0.39 is 11.7 Å². The van der Waals surface area contributed by atoms with Crippen LogP contribution in [-0.2, 0) is 12.6 Å². The molecular formula is C10H11ClF3N. The van der Waals surface area contributed by atoms with E-state index in [4.69, 9.17) is 17.3 Å². The monoisotopic (exact) mass is 237 g/mol. The van der Waals surface area contributed by atoms with Gasteiger partial charge in [-0.15, -0.1) is 0 Å². The van der Waals surface area contributed by atoms with Crippen molar-refractivity contribution in [2.75, 3.05) is 0 Å². The van der Waals surface area contributed by atoms with Crippen LogP contribution in [0.1, 0.15) is 18.1 Å². The molecule has 1 atom stereocenters. The Labute approximate surface area is 91.0 Å². The molecule has 0 aliphatic heterocycles. The summed E-state index contributed by atoms with van der Waals surface area (Å²) in [5.41, 5.74) is 5.28. The van der Waals surface area contributed by atoms with Crippen LogP contribution in [0.5, 0.6) is 0 Å². The number of hydrogen-bond acceptors (Lipinski definition) is 1. The molecule has 1 rings (SSSR count). The summed E-state index contributed by atoms with van der Waals surface area (Å²) in [4.78, 5) is 0. The SMILES string of the molecule is CC(N)Cc1cc(Cl)cc(C(F)(F)F)c1. The van der Waals surface area contributed by atoms with Gasteiger partial charge in [0.2, 0.25) is 0 Å². The van der Waals surface area contributed by atoms with E-state index in [0.29, 0.717) is 12.0 Å². The van der Waals surface area contributed by atoms with Gasteiger partial charge in [-0.3, -0.25) is 0 Å². The fraction of sp³-hybridized carbons (Fsp3) is 0.400. The molecule has 0 aliphatic carbocycles. The lowest BCUT2D eigenvalue weighted by Gasteiger charge is -2.11. The lowest BCUT2D eigenvalue weighted by atomic mass is 10.0. The van der Waals surface area contributed by atoms with Gasteiger partial charge in [0.1, 0.15) is 0 Å². The number of benzene rings is 1. The number of hydrogen-bond donors (Lipinski definition) is 1. The first-order valence-corrected chi connectivity index (χ1v) is 4.79. The molecule has 0 aliphatic rings. The largest absolute Gasteiger partial charge is 0.416 e. The molecule has 0 saturated heterocycles. The van der Waals surface area contributed by atoms with Crippen LogP contribution < -0.4 is 5.73 Å². The van der Waals surface area contributed by atoms with Gasteiger partial charge in [0, 0.05) is 11.1 Å². The smallest absolute Gasteiger partial charge is 0.328 e. The Morgan fingerprint density at radius 3 is 2.40 bits per heavy atom. The molecule has 0 heterocycles. The maximum atomic E-state index is 12.4. The predicted molar refractivity (Wildman–Crippen MR) is 53.8 cm³/mol. The number of halogens is 4. The van der Waals surface area contributed by atoms with Crippen LogP contribution in [0.2, 0.25) is 5.02 Å². The molecule has 84 valence electrons. The summed E-state index contributed by atoms with van der Waals surface area (Å²) in [5.74, 6) is 0. The fourth-order valence-corrected chi connectivity index (χ4v) is 1.56. The van der Waals surface area contributed by atoms with Crippen LogP contribution in [0.4, 0.5) is 13.2 Å². The molecule has 2 N–H and O–H groups in total. The fourth-order valence-electron chi connectivity index (χ4n) is 1.30. The van der Waals surface area contributed by atoms with Crippen molar-refractivity contribution in [2.45, 2.75) is 25.6 Å². The average Bonchev–Trinajstić information content (AvgIpc) is 1.99. The van der Waals surface area contributed by atoms with E-state index >= 15 is 0 Å². The minimum Gasteiger partial charge on any atom is -0.328 e.